The molecule has 0 saturated heterocycles. The van der Waals surface area contributed by atoms with Crippen LogP contribution < -0.4 is 5.73 Å². The first-order valence-corrected chi connectivity index (χ1v) is 5.20. The van der Waals surface area contributed by atoms with E-state index in [9.17, 15) is 0 Å². The van der Waals surface area contributed by atoms with Gasteiger partial charge in [0.15, 0.2) is 5.82 Å². The van der Waals surface area contributed by atoms with Gasteiger partial charge in [-0.05, 0) is 18.2 Å². The largest absolute Gasteiger partial charge is 0.381 e. The van der Waals surface area contributed by atoms with E-state index in [1.807, 2.05) is 0 Å². The molecule has 2 aromatic rings. The van der Waals surface area contributed by atoms with E-state index in [1.54, 1.807) is 18.2 Å². The Labute approximate surface area is 94.8 Å². The Hall–Kier alpha value is -0.840. The quantitative estimate of drug-likeness (QED) is 0.841. The van der Waals surface area contributed by atoms with Crippen LogP contribution in [0.2, 0.25) is 10.0 Å². The summed E-state index contributed by atoms with van der Waals surface area (Å²) in [6.45, 7) is 0. The Morgan fingerprint density at radius 3 is 2.57 bits per heavy atom. The minimum absolute atomic E-state index is 0.388. The molecular formula is C8H5Cl2N3S. The van der Waals surface area contributed by atoms with E-state index in [2.05, 4.69) is 8.75 Å². The number of rotatable bonds is 1. The normalized spacial score (nSPS) is 10.4. The van der Waals surface area contributed by atoms with Crippen LogP contribution >= 0.6 is 34.9 Å². The zero-order valence-electron chi connectivity index (χ0n) is 6.87. The lowest BCUT2D eigenvalue weighted by Gasteiger charge is -2.01. The average Bonchev–Trinajstić information content (AvgIpc) is 2.52. The average molecular weight is 246 g/mol. The summed E-state index contributed by atoms with van der Waals surface area (Å²) in [6.07, 6.45) is 0. The molecule has 0 spiro atoms. The van der Waals surface area contributed by atoms with Crippen molar-refractivity contribution in [1.82, 2.24) is 8.75 Å². The minimum atomic E-state index is 0.388. The summed E-state index contributed by atoms with van der Waals surface area (Å²) in [5, 5.41) is 1.11. The molecular weight excluding hydrogens is 241 g/mol. The smallest absolute Gasteiger partial charge is 0.165 e. The molecule has 1 aromatic heterocycles. The van der Waals surface area contributed by atoms with Gasteiger partial charge in [-0.25, -0.2) is 0 Å². The summed E-state index contributed by atoms with van der Waals surface area (Å²) in [5.74, 6) is 0.388. The van der Waals surface area contributed by atoms with E-state index in [1.165, 1.54) is 0 Å². The predicted molar refractivity (Wildman–Crippen MR) is 59.8 cm³/mol. The van der Waals surface area contributed by atoms with Crippen molar-refractivity contribution in [3.8, 4) is 11.3 Å². The maximum absolute atomic E-state index is 5.99. The third kappa shape index (κ3) is 1.68. The third-order valence-corrected chi connectivity index (χ3v) is 2.79. The molecule has 3 nitrogen and oxygen atoms in total. The van der Waals surface area contributed by atoms with Gasteiger partial charge in [-0.15, -0.1) is 0 Å². The highest BCUT2D eigenvalue weighted by molar-refractivity contribution is 6.99. The summed E-state index contributed by atoms with van der Waals surface area (Å²) in [6, 6.07) is 5.16. The molecule has 0 radical (unpaired) electrons. The molecule has 0 saturated carbocycles. The second-order valence-corrected chi connectivity index (χ2v) is 3.99. The lowest BCUT2D eigenvalue weighted by Crippen LogP contribution is -1.89. The number of aromatic nitrogens is 2. The van der Waals surface area contributed by atoms with Crippen LogP contribution in [0, 0.1) is 0 Å². The van der Waals surface area contributed by atoms with Gasteiger partial charge < -0.3 is 5.73 Å². The molecule has 1 heterocycles. The molecule has 14 heavy (non-hydrogen) atoms. The van der Waals surface area contributed by atoms with Crippen LogP contribution in [0.4, 0.5) is 5.82 Å². The molecule has 0 bridgehead atoms. The van der Waals surface area contributed by atoms with Crippen molar-refractivity contribution in [3.05, 3.63) is 28.2 Å². The maximum Gasteiger partial charge on any atom is 0.165 e. The number of anilines is 1. The van der Waals surface area contributed by atoms with Crippen molar-refractivity contribution in [2.24, 2.45) is 0 Å². The van der Waals surface area contributed by atoms with Gasteiger partial charge in [0.05, 0.1) is 16.8 Å². The lowest BCUT2D eigenvalue weighted by molar-refractivity contribution is 1.49. The van der Waals surface area contributed by atoms with Crippen LogP contribution in [-0.4, -0.2) is 8.75 Å². The molecule has 0 atom stereocenters. The maximum atomic E-state index is 5.99. The van der Waals surface area contributed by atoms with Crippen LogP contribution in [0.5, 0.6) is 0 Å². The zero-order valence-corrected chi connectivity index (χ0v) is 9.20. The van der Waals surface area contributed by atoms with Crippen molar-refractivity contribution in [2.45, 2.75) is 0 Å². The van der Waals surface area contributed by atoms with Gasteiger partial charge in [0.25, 0.3) is 0 Å². The van der Waals surface area contributed by atoms with Crippen LogP contribution in [-0.2, 0) is 0 Å². The molecule has 0 unspecified atom stereocenters. The van der Waals surface area contributed by atoms with Gasteiger partial charge in [-0.1, -0.05) is 23.2 Å². The van der Waals surface area contributed by atoms with Crippen molar-refractivity contribution >= 4 is 40.7 Å². The monoisotopic (exact) mass is 245 g/mol. The van der Waals surface area contributed by atoms with Crippen molar-refractivity contribution in [3.63, 3.8) is 0 Å². The van der Waals surface area contributed by atoms with Gasteiger partial charge in [0.1, 0.15) is 5.69 Å². The van der Waals surface area contributed by atoms with E-state index in [0.29, 0.717) is 21.6 Å². The topological polar surface area (TPSA) is 51.8 Å². The Morgan fingerprint density at radius 2 is 2.00 bits per heavy atom. The summed E-state index contributed by atoms with van der Waals surface area (Å²) in [7, 11) is 0. The first-order chi connectivity index (χ1) is 6.68. The number of hydrogen-bond donors (Lipinski definition) is 1. The molecule has 0 aliphatic rings. The number of hydrogen-bond acceptors (Lipinski definition) is 4. The molecule has 6 heteroatoms. The molecule has 0 aliphatic heterocycles. The van der Waals surface area contributed by atoms with Gasteiger partial charge in [-0.2, -0.15) is 8.75 Å². The third-order valence-electron chi connectivity index (χ3n) is 1.70. The summed E-state index contributed by atoms with van der Waals surface area (Å²) in [4.78, 5) is 0. The van der Waals surface area contributed by atoms with Crippen molar-refractivity contribution < 1.29 is 0 Å². The van der Waals surface area contributed by atoms with Gasteiger partial charge in [-0.3, -0.25) is 0 Å². The molecule has 72 valence electrons. The highest BCUT2D eigenvalue weighted by Crippen LogP contribution is 2.32. The van der Waals surface area contributed by atoms with Gasteiger partial charge in [0, 0.05) is 10.6 Å². The number of nitrogen functional groups attached to an aromatic ring is 1. The van der Waals surface area contributed by atoms with Crippen LogP contribution in [0.3, 0.4) is 0 Å². The van der Waals surface area contributed by atoms with Gasteiger partial charge in [0.2, 0.25) is 0 Å². The van der Waals surface area contributed by atoms with E-state index < -0.39 is 0 Å². The number of nitrogens with two attached hydrogens (primary N) is 1. The SMILES string of the molecule is Nc1nsnc1-c1ccc(Cl)cc1Cl. The zero-order chi connectivity index (χ0) is 10.1. The van der Waals surface area contributed by atoms with Crippen LogP contribution in [0.1, 0.15) is 0 Å². The number of halogens is 2. The molecule has 0 aliphatic carbocycles. The van der Waals surface area contributed by atoms with E-state index in [-0.39, 0.29) is 0 Å². The number of benzene rings is 1. The minimum Gasteiger partial charge on any atom is -0.381 e. The molecule has 0 amide bonds. The Morgan fingerprint density at radius 1 is 1.21 bits per heavy atom. The summed E-state index contributed by atoms with van der Waals surface area (Å²) < 4.78 is 7.93. The number of nitrogens with zero attached hydrogens (tertiary/aromatic N) is 2. The van der Waals surface area contributed by atoms with Gasteiger partial charge >= 0.3 is 0 Å². The Kier molecular flexibility index (Phi) is 2.58. The first kappa shape index (κ1) is 9.71. The standard InChI is InChI=1S/C8H5Cl2N3S/c9-4-1-2-5(6(10)3-4)7-8(11)13-14-12-7/h1-3H,(H2,11,13). The van der Waals surface area contributed by atoms with Crippen molar-refractivity contribution in [2.75, 3.05) is 5.73 Å². The summed E-state index contributed by atoms with van der Waals surface area (Å²) >= 11 is 12.8. The first-order valence-electron chi connectivity index (χ1n) is 3.72. The second kappa shape index (κ2) is 3.73. The van der Waals surface area contributed by atoms with E-state index in [4.69, 9.17) is 28.9 Å². The molecule has 0 fully saturated rings. The van der Waals surface area contributed by atoms with Crippen LogP contribution in [0.15, 0.2) is 18.2 Å². The second-order valence-electron chi connectivity index (χ2n) is 2.62. The molecule has 2 N–H and O–H groups in total. The molecule has 2 rings (SSSR count). The van der Waals surface area contributed by atoms with E-state index >= 15 is 0 Å². The van der Waals surface area contributed by atoms with E-state index in [0.717, 1.165) is 17.3 Å². The highest BCUT2D eigenvalue weighted by atomic mass is 35.5. The predicted octanol–water partition coefficient (Wildman–Crippen LogP) is 3.09. The fraction of sp³-hybridized carbons (Fsp3) is 0. The molecule has 1 aromatic carbocycles. The Bertz CT molecular complexity index is 469. The fourth-order valence-corrected chi connectivity index (χ4v) is 2.05. The lowest BCUT2D eigenvalue weighted by atomic mass is 10.1. The van der Waals surface area contributed by atoms with Crippen molar-refractivity contribution in [1.29, 1.82) is 0 Å². The van der Waals surface area contributed by atoms with Crippen LogP contribution in [0.25, 0.3) is 11.3 Å². The fourth-order valence-electron chi connectivity index (χ4n) is 1.06. The summed E-state index contributed by atoms with van der Waals surface area (Å²) in [5.41, 5.74) is 6.98. The Balaban J connectivity index is 2.58. The highest BCUT2D eigenvalue weighted by Gasteiger charge is 2.10.